The van der Waals surface area contributed by atoms with E-state index in [4.69, 9.17) is 4.74 Å². The number of fused-ring (bicyclic) bond motifs is 4. The zero-order valence-electron chi connectivity index (χ0n) is 26.9. The summed E-state index contributed by atoms with van der Waals surface area (Å²) < 4.78 is 6.97. The van der Waals surface area contributed by atoms with Crippen LogP contribution < -0.4 is 9.64 Å². The molecule has 9 heteroatoms. The van der Waals surface area contributed by atoms with Crippen molar-refractivity contribution in [2.45, 2.75) is 24.2 Å². The number of rotatable bonds is 5. The molecule has 0 radical (unpaired) electrons. The van der Waals surface area contributed by atoms with E-state index in [0.717, 1.165) is 10.0 Å². The first-order chi connectivity index (χ1) is 24.2. The molecule has 50 heavy (non-hydrogen) atoms. The van der Waals surface area contributed by atoms with Crippen molar-refractivity contribution in [3.8, 4) is 11.5 Å². The number of methoxy groups -OCH3 is 1. The maximum Gasteiger partial charge on any atom is 0.238 e. The van der Waals surface area contributed by atoms with Gasteiger partial charge in [-0.3, -0.25) is 24.1 Å². The number of nitrogens with zero attached hydrogens (tertiary/aromatic N) is 1. The molecule has 4 aliphatic rings. The van der Waals surface area contributed by atoms with Gasteiger partial charge in [0.2, 0.25) is 11.8 Å². The van der Waals surface area contributed by atoms with Crippen LogP contribution in [0, 0.1) is 27.2 Å². The minimum atomic E-state index is -1.37. The molecule has 3 aliphatic carbocycles. The Hall–Kier alpha value is -4.35. The molecule has 1 N–H and O–H groups in total. The molecular formula is C41H31BrINO6. The molecule has 0 bridgehead atoms. The van der Waals surface area contributed by atoms with Crippen molar-refractivity contribution < 1.29 is 29.0 Å². The summed E-state index contributed by atoms with van der Waals surface area (Å²) in [6, 6.07) is 29.3. The van der Waals surface area contributed by atoms with Gasteiger partial charge in [-0.25, -0.2) is 0 Å². The Bertz CT molecular complexity index is 2150. The summed E-state index contributed by atoms with van der Waals surface area (Å²) in [5.74, 6) is -4.08. The Morgan fingerprint density at radius 1 is 0.880 bits per heavy atom. The number of ketones is 2. The zero-order chi connectivity index (χ0) is 34.9. The summed E-state index contributed by atoms with van der Waals surface area (Å²) in [6.45, 7) is 0. The van der Waals surface area contributed by atoms with Gasteiger partial charge < -0.3 is 9.84 Å². The Morgan fingerprint density at radius 3 is 2.24 bits per heavy atom. The van der Waals surface area contributed by atoms with Gasteiger partial charge in [-0.2, -0.15) is 0 Å². The predicted octanol–water partition coefficient (Wildman–Crippen LogP) is 7.80. The first-order valence-corrected chi connectivity index (χ1v) is 18.3. The molecule has 2 fully saturated rings. The van der Waals surface area contributed by atoms with Crippen LogP contribution in [0.3, 0.4) is 0 Å². The number of benzene rings is 4. The topological polar surface area (TPSA) is 101 Å². The quantitative estimate of drug-likeness (QED) is 0.125. The molecule has 0 aromatic heterocycles. The number of phenolic OH excluding ortho intramolecular Hbond substituents is 1. The van der Waals surface area contributed by atoms with Crippen LogP contribution in [0.1, 0.15) is 35.4 Å². The lowest BCUT2D eigenvalue weighted by molar-refractivity contribution is -0.135. The van der Waals surface area contributed by atoms with Gasteiger partial charge in [0.1, 0.15) is 0 Å². The van der Waals surface area contributed by atoms with E-state index in [1.807, 2.05) is 72.8 Å². The molecule has 1 heterocycles. The fourth-order valence-electron chi connectivity index (χ4n) is 9.01. The van der Waals surface area contributed by atoms with E-state index < -0.39 is 35.0 Å². The third-order valence-electron chi connectivity index (χ3n) is 11.1. The standard InChI is InChI=1S/C41H31BrINO6/c1-50-33-19-23(18-32(43)38(33)47)36-27-16-17-28-35(40(49)44(39(28)48)26-14-12-25(42)13-15-26)30(27)20-31-37(46)29(22-8-4-2-5-9-22)21-34(45)41(31,36)24-10-6-3-7-11-24/h2-16,18-19,21,28,30-31,35-36,47H,17,20H2,1H3/t28-,30+,31-,35-,36-,41-/m0/s1. The Morgan fingerprint density at radius 2 is 1.56 bits per heavy atom. The van der Waals surface area contributed by atoms with Crippen LogP contribution in [0.4, 0.5) is 5.69 Å². The third kappa shape index (κ3) is 4.80. The largest absolute Gasteiger partial charge is 0.504 e. The second kappa shape index (κ2) is 12.5. The number of phenols is 1. The number of anilines is 1. The second-order valence-electron chi connectivity index (χ2n) is 13.3. The third-order valence-corrected chi connectivity index (χ3v) is 12.4. The van der Waals surface area contributed by atoms with Gasteiger partial charge in [0, 0.05) is 21.9 Å². The lowest BCUT2D eigenvalue weighted by atomic mass is 9.44. The first-order valence-electron chi connectivity index (χ1n) is 16.5. The average Bonchev–Trinajstić information content (AvgIpc) is 3.40. The monoisotopic (exact) mass is 839 g/mol. The molecule has 7 nitrogen and oxygen atoms in total. The number of aromatic hydroxyl groups is 1. The van der Waals surface area contributed by atoms with Crippen molar-refractivity contribution in [1.29, 1.82) is 0 Å². The molecule has 250 valence electrons. The number of hydrogen-bond acceptors (Lipinski definition) is 6. The number of imide groups is 1. The molecular weight excluding hydrogens is 809 g/mol. The molecule has 1 aliphatic heterocycles. The highest BCUT2D eigenvalue weighted by molar-refractivity contribution is 14.1. The van der Waals surface area contributed by atoms with Gasteiger partial charge in [0.25, 0.3) is 0 Å². The van der Waals surface area contributed by atoms with Crippen molar-refractivity contribution in [2.24, 2.45) is 23.7 Å². The molecule has 1 saturated carbocycles. The molecule has 0 spiro atoms. The maximum absolute atomic E-state index is 15.2. The number of amides is 2. The summed E-state index contributed by atoms with van der Waals surface area (Å²) in [6.07, 6.45) is 4.07. The van der Waals surface area contributed by atoms with Gasteiger partial charge in [-0.15, -0.1) is 0 Å². The molecule has 2 amide bonds. The van der Waals surface area contributed by atoms with Crippen molar-refractivity contribution >= 4 is 73.2 Å². The lowest BCUT2D eigenvalue weighted by Gasteiger charge is -2.55. The summed E-state index contributed by atoms with van der Waals surface area (Å²) in [4.78, 5) is 60.1. The number of carbonyl (C=O) groups is 4. The lowest BCUT2D eigenvalue weighted by Crippen LogP contribution is -2.58. The Balaban J connectivity index is 1.38. The highest BCUT2D eigenvalue weighted by Gasteiger charge is 2.66. The normalized spacial score (nSPS) is 27.3. The van der Waals surface area contributed by atoms with E-state index in [0.29, 0.717) is 37.9 Å². The second-order valence-corrected chi connectivity index (χ2v) is 15.4. The van der Waals surface area contributed by atoms with Crippen molar-refractivity contribution in [3.63, 3.8) is 0 Å². The SMILES string of the molecule is COc1cc([C@H]2C3=CC[C@@H]4C(=O)N(c5ccc(Br)cc5)C(=O)[C@@H]4[C@@H]3C[C@H]3C(=O)C(c4ccccc4)=CC(=O)[C@@]23c2ccccc2)cc(I)c1O. The van der Waals surface area contributed by atoms with E-state index in [2.05, 4.69) is 38.5 Å². The summed E-state index contributed by atoms with van der Waals surface area (Å²) in [5.41, 5.74) is 2.37. The van der Waals surface area contributed by atoms with E-state index in [1.165, 1.54) is 18.1 Å². The van der Waals surface area contributed by atoms with Crippen LogP contribution in [0.25, 0.3) is 5.57 Å². The van der Waals surface area contributed by atoms with Crippen LogP contribution in [0.2, 0.25) is 0 Å². The minimum Gasteiger partial charge on any atom is -0.504 e. The van der Waals surface area contributed by atoms with Crippen LogP contribution in [-0.2, 0) is 24.6 Å². The van der Waals surface area contributed by atoms with Gasteiger partial charge in [0.05, 0.1) is 33.6 Å². The zero-order valence-corrected chi connectivity index (χ0v) is 30.6. The molecule has 1 saturated heterocycles. The fraction of sp³-hybridized carbons (Fsp3) is 0.220. The fourth-order valence-corrected chi connectivity index (χ4v) is 9.90. The maximum atomic E-state index is 15.2. The van der Waals surface area contributed by atoms with E-state index in [1.54, 1.807) is 30.3 Å². The molecule has 8 rings (SSSR count). The van der Waals surface area contributed by atoms with E-state index in [9.17, 15) is 14.7 Å². The molecule has 4 aromatic rings. The minimum absolute atomic E-state index is 0.0220. The Kier molecular flexibility index (Phi) is 8.18. The molecule has 6 atom stereocenters. The van der Waals surface area contributed by atoms with Gasteiger partial charge in [0.15, 0.2) is 23.1 Å². The summed E-state index contributed by atoms with van der Waals surface area (Å²) in [5, 5.41) is 10.9. The average molecular weight is 841 g/mol. The van der Waals surface area contributed by atoms with Crippen LogP contribution >= 0.6 is 38.5 Å². The highest BCUT2D eigenvalue weighted by Crippen LogP contribution is 2.64. The van der Waals surface area contributed by atoms with Crippen molar-refractivity contribution in [1.82, 2.24) is 0 Å². The van der Waals surface area contributed by atoms with Crippen LogP contribution in [0.5, 0.6) is 11.5 Å². The van der Waals surface area contributed by atoms with Gasteiger partial charge >= 0.3 is 0 Å². The summed E-state index contributed by atoms with van der Waals surface area (Å²) in [7, 11) is 1.47. The summed E-state index contributed by atoms with van der Waals surface area (Å²) >= 11 is 5.49. The number of allylic oxidation sites excluding steroid dienone is 4. The highest BCUT2D eigenvalue weighted by atomic mass is 127. The predicted molar refractivity (Wildman–Crippen MR) is 201 cm³/mol. The number of ether oxygens (including phenoxy) is 1. The van der Waals surface area contributed by atoms with Crippen LogP contribution in [-0.4, -0.2) is 35.6 Å². The van der Waals surface area contributed by atoms with E-state index >= 15 is 9.59 Å². The van der Waals surface area contributed by atoms with Gasteiger partial charge in [-0.05, 0) is 101 Å². The van der Waals surface area contributed by atoms with Crippen molar-refractivity contribution in [2.75, 3.05) is 12.0 Å². The number of halogens is 2. The van der Waals surface area contributed by atoms with Gasteiger partial charge in [-0.1, -0.05) is 88.2 Å². The van der Waals surface area contributed by atoms with E-state index in [-0.39, 0.29) is 41.3 Å². The molecule has 4 aromatic carbocycles. The smallest absolute Gasteiger partial charge is 0.238 e. The molecule has 0 unspecified atom stereocenters. The number of hydrogen-bond donors (Lipinski definition) is 1. The number of Topliss-reactive ketones (excluding diaryl/α,β-unsaturated/α-hetero) is 1. The van der Waals surface area contributed by atoms with Crippen LogP contribution in [0.15, 0.2) is 119 Å². The van der Waals surface area contributed by atoms with Crippen molar-refractivity contribution in [3.05, 3.63) is 140 Å². The Labute approximate surface area is 311 Å². The first kappa shape index (κ1) is 32.8. The number of carbonyl (C=O) groups excluding carboxylic acids is 4.